The van der Waals surface area contributed by atoms with E-state index in [4.69, 9.17) is 0 Å². The average Bonchev–Trinajstić information content (AvgIpc) is 2.83. The SMILES string of the molecule is OC(CCSc1cccs1)c1ccccc1. The number of thioether (sulfide) groups is 1. The largest absolute Gasteiger partial charge is 0.388 e. The summed E-state index contributed by atoms with van der Waals surface area (Å²) in [4.78, 5) is 0. The van der Waals surface area contributed by atoms with Gasteiger partial charge in [0.05, 0.1) is 10.3 Å². The fraction of sp³-hybridized carbons (Fsp3) is 0.231. The Labute approximate surface area is 104 Å². The third-order valence-electron chi connectivity index (χ3n) is 2.32. The molecule has 2 rings (SSSR count). The van der Waals surface area contributed by atoms with Crippen molar-refractivity contribution in [1.29, 1.82) is 0 Å². The molecular formula is C13H14OS2. The molecule has 0 amide bonds. The maximum atomic E-state index is 9.94. The highest BCUT2D eigenvalue weighted by Gasteiger charge is 2.06. The van der Waals surface area contributed by atoms with Gasteiger partial charge < -0.3 is 5.11 Å². The first kappa shape index (κ1) is 11.7. The highest BCUT2D eigenvalue weighted by atomic mass is 32.2. The summed E-state index contributed by atoms with van der Waals surface area (Å²) in [6, 6.07) is 14.0. The normalized spacial score (nSPS) is 12.6. The van der Waals surface area contributed by atoms with Crippen molar-refractivity contribution < 1.29 is 5.11 Å². The van der Waals surface area contributed by atoms with Gasteiger partial charge in [0.2, 0.25) is 0 Å². The third kappa shape index (κ3) is 3.37. The van der Waals surface area contributed by atoms with Gasteiger partial charge in [0.15, 0.2) is 0 Å². The molecule has 1 atom stereocenters. The van der Waals surface area contributed by atoms with Crippen molar-refractivity contribution in [2.75, 3.05) is 5.75 Å². The van der Waals surface area contributed by atoms with E-state index in [1.807, 2.05) is 42.1 Å². The number of thiophene rings is 1. The molecule has 1 aromatic heterocycles. The minimum absolute atomic E-state index is 0.339. The summed E-state index contributed by atoms with van der Waals surface area (Å²) in [5.41, 5.74) is 1.01. The van der Waals surface area contributed by atoms with Crippen LogP contribution in [0.5, 0.6) is 0 Å². The molecular weight excluding hydrogens is 236 g/mol. The first-order chi connectivity index (χ1) is 7.86. The van der Waals surface area contributed by atoms with Gasteiger partial charge >= 0.3 is 0 Å². The fourth-order valence-electron chi connectivity index (χ4n) is 1.46. The zero-order valence-corrected chi connectivity index (χ0v) is 10.5. The molecule has 16 heavy (non-hydrogen) atoms. The Bertz CT molecular complexity index is 397. The minimum Gasteiger partial charge on any atom is -0.388 e. The second-order valence-electron chi connectivity index (χ2n) is 3.50. The molecule has 0 saturated carbocycles. The second-order valence-corrected chi connectivity index (χ2v) is 5.84. The van der Waals surface area contributed by atoms with E-state index >= 15 is 0 Å². The lowest BCUT2D eigenvalue weighted by atomic mass is 10.1. The first-order valence-electron chi connectivity index (χ1n) is 5.25. The quantitative estimate of drug-likeness (QED) is 0.810. The van der Waals surface area contributed by atoms with E-state index in [0.29, 0.717) is 0 Å². The van der Waals surface area contributed by atoms with Crippen molar-refractivity contribution in [2.24, 2.45) is 0 Å². The number of rotatable bonds is 5. The Morgan fingerprint density at radius 2 is 1.94 bits per heavy atom. The summed E-state index contributed by atoms with van der Waals surface area (Å²) < 4.78 is 1.32. The summed E-state index contributed by atoms with van der Waals surface area (Å²) in [5, 5.41) is 12.0. The van der Waals surface area contributed by atoms with Crippen LogP contribution < -0.4 is 0 Å². The topological polar surface area (TPSA) is 20.2 Å². The Morgan fingerprint density at radius 1 is 1.12 bits per heavy atom. The predicted octanol–water partition coefficient (Wildman–Crippen LogP) is 3.96. The predicted molar refractivity (Wildman–Crippen MR) is 71.1 cm³/mol. The summed E-state index contributed by atoms with van der Waals surface area (Å²) in [5.74, 6) is 0.955. The van der Waals surface area contributed by atoms with Crippen molar-refractivity contribution in [2.45, 2.75) is 16.7 Å². The van der Waals surface area contributed by atoms with Gasteiger partial charge in [0.1, 0.15) is 0 Å². The highest BCUT2D eigenvalue weighted by Crippen LogP contribution is 2.26. The average molecular weight is 250 g/mol. The molecule has 0 saturated heterocycles. The van der Waals surface area contributed by atoms with Crippen LogP contribution in [0, 0.1) is 0 Å². The lowest BCUT2D eigenvalue weighted by molar-refractivity contribution is 0.175. The summed E-state index contributed by atoms with van der Waals surface area (Å²) in [6.45, 7) is 0. The molecule has 1 unspecified atom stereocenters. The van der Waals surface area contributed by atoms with Crippen LogP contribution in [0.25, 0.3) is 0 Å². The number of benzene rings is 1. The van der Waals surface area contributed by atoms with Crippen molar-refractivity contribution >= 4 is 23.1 Å². The fourth-order valence-corrected chi connectivity index (χ4v) is 3.31. The first-order valence-corrected chi connectivity index (χ1v) is 7.12. The molecule has 0 fully saturated rings. The van der Waals surface area contributed by atoms with Gasteiger partial charge in [-0.2, -0.15) is 0 Å². The Morgan fingerprint density at radius 3 is 2.62 bits per heavy atom. The number of aliphatic hydroxyl groups is 1. The molecule has 84 valence electrons. The Kier molecular flexibility index (Phi) is 4.45. The van der Waals surface area contributed by atoms with Crippen LogP contribution in [0.3, 0.4) is 0 Å². The van der Waals surface area contributed by atoms with Crippen LogP contribution in [-0.2, 0) is 0 Å². The van der Waals surface area contributed by atoms with Gasteiger partial charge in [-0.05, 0) is 23.4 Å². The summed E-state index contributed by atoms with van der Waals surface area (Å²) in [7, 11) is 0. The number of hydrogen-bond donors (Lipinski definition) is 1. The molecule has 0 aliphatic rings. The Balaban J connectivity index is 1.78. The van der Waals surface area contributed by atoms with Crippen molar-refractivity contribution in [3.8, 4) is 0 Å². The summed E-state index contributed by atoms with van der Waals surface area (Å²) in [6.07, 6.45) is 0.459. The molecule has 1 nitrogen and oxygen atoms in total. The molecule has 2 aromatic rings. The van der Waals surface area contributed by atoms with Crippen LogP contribution in [0.2, 0.25) is 0 Å². The minimum atomic E-state index is -0.339. The van der Waals surface area contributed by atoms with Crippen molar-refractivity contribution in [3.05, 3.63) is 53.4 Å². The molecule has 1 N–H and O–H groups in total. The second kappa shape index (κ2) is 6.09. The number of aliphatic hydroxyl groups excluding tert-OH is 1. The van der Waals surface area contributed by atoms with E-state index in [0.717, 1.165) is 17.7 Å². The third-order valence-corrected chi connectivity index (χ3v) is 4.48. The monoisotopic (exact) mass is 250 g/mol. The van der Waals surface area contributed by atoms with E-state index in [2.05, 4.69) is 17.5 Å². The van der Waals surface area contributed by atoms with Crippen LogP contribution in [0.15, 0.2) is 52.1 Å². The maximum absolute atomic E-state index is 9.94. The van der Waals surface area contributed by atoms with E-state index in [-0.39, 0.29) is 6.10 Å². The molecule has 3 heteroatoms. The van der Waals surface area contributed by atoms with Crippen molar-refractivity contribution in [3.63, 3.8) is 0 Å². The smallest absolute Gasteiger partial charge is 0.0798 e. The maximum Gasteiger partial charge on any atom is 0.0798 e. The van der Waals surface area contributed by atoms with E-state index in [1.165, 1.54) is 4.21 Å². The Hall–Kier alpha value is -0.770. The lowest BCUT2D eigenvalue weighted by Gasteiger charge is -2.09. The van der Waals surface area contributed by atoms with E-state index in [1.54, 1.807) is 11.3 Å². The summed E-state index contributed by atoms with van der Waals surface area (Å²) >= 11 is 3.56. The van der Waals surface area contributed by atoms with E-state index < -0.39 is 0 Å². The van der Waals surface area contributed by atoms with Crippen LogP contribution in [0.1, 0.15) is 18.1 Å². The van der Waals surface area contributed by atoms with Gasteiger partial charge in [0.25, 0.3) is 0 Å². The lowest BCUT2D eigenvalue weighted by Crippen LogP contribution is -1.98. The van der Waals surface area contributed by atoms with Gasteiger partial charge in [-0.1, -0.05) is 36.4 Å². The van der Waals surface area contributed by atoms with Gasteiger partial charge in [-0.3, -0.25) is 0 Å². The zero-order valence-electron chi connectivity index (χ0n) is 8.87. The molecule has 1 heterocycles. The van der Waals surface area contributed by atoms with E-state index in [9.17, 15) is 5.11 Å². The van der Waals surface area contributed by atoms with Crippen LogP contribution >= 0.6 is 23.1 Å². The molecule has 0 radical (unpaired) electrons. The molecule has 0 aliphatic heterocycles. The molecule has 1 aromatic carbocycles. The van der Waals surface area contributed by atoms with Crippen LogP contribution in [-0.4, -0.2) is 10.9 Å². The van der Waals surface area contributed by atoms with Gasteiger partial charge in [-0.25, -0.2) is 0 Å². The van der Waals surface area contributed by atoms with Crippen LogP contribution in [0.4, 0.5) is 0 Å². The number of hydrogen-bond acceptors (Lipinski definition) is 3. The highest BCUT2D eigenvalue weighted by molar-refractivity contribution is 8.01. The molecule has 0 bridgehead atoms. The van der Waals surface area contributed by atoms with Gasteiger partial charge in [0, 0.05) is 5.75 Å². The standard InChI is InChI=1S/C13H14OS2/c14-12(11-5-2-1-3-6-11)8-10-16-13-7-4-9-15-13/h1-7,9,12,14H,8,10H2. The molecule has 0 spiro atoms. The molecule has 0 aliphatic carbocycles. The zero-order chi connectivity index (χ0) is 11.2. The van der Waals surface area contributed by atoms with Crippen molar-refractivity contribution in [1.82, 2.24) is 0 Å². The van der Waals surface area contributed by atoms with Gasteiger partial charge in [-0.15, -0.1) is 23.1 Å².